The number of para-hydroxylation sites is 1. The van der Waals surface area contributed by atoms with Gasteiger partial charge in [-0.05, 0) is 12.1 Å². The van der Waals surface area contributed by atoms with Crippen molar-refractivity contribution < 1.29 is 14.3 Å². The third kappa shape index (κ3) is 1.45. The third-order valence-electron chi connectivity index (χ3n) is 2.38. The SMILES string of the molecule is COC1(OC)NC(=O)Nc2ccccc21. The number of fused-ring (bicyclic) bond motifs is 1. The van der Waals surface area contributed by atoms with E-state index < -0.39 is 5.91 Å². The standard InChI is InChI=1S/C10H12N2O3/c1-14-10(15-2)7-5-3-4-6-8(7)11-9(13)12-10/h3-6H,1-2H3,(H2,11,12,13). The Bertz CT molecular complexity index is 388. The molecule has 0 aromatic heterocycles. The second-order valence-corrected chi connectivity index (χ2v) is 3.15. The Kier molecular flexibility index (Phi) is 2.34. The lowest BCUT2D eigenvalue weighted by Crippen LogP contribution is -2.54. The summed E-state index contributed by atoms with van der Waals surface area (Å²) in [5.41, 5.74) is 1.43. The molecule has 1 aromatic carbocycles. The second kappa shape index (κ2) is 3.52. The van der Waals surface area contributed by atoms with E-state index in [-0.39, 0.29) is 6.03 Å². The summed E-state index contributed by atoms with van der Waals surface area (Å²) in [5, 5.41) is 5.26. The number of hydrogen-bond acceptors (Lipinski definition) is 3. The molecule has 5 heteroatoms. The van der Waals surface area contributed by atoms with Crippen molar-refractivity contribution in [1.82, 2.24) is 5.32 Å². The van der Waals surface area contributed by atoms with Gasteiger partial charge in [0, 0.05) is 14.2 Å². The molecule has 1 heterocycles. The van der Waals surface area contributed by atoms with E-state index in [9.17, 15) is 4.79 Å². The first kappa shape index (κ1) is 9.95. The average molecular weight is 208 g/mol. The average Bonchev–Trinajstić information content (AvgIpc) is 2.27. The molecule has 0 spiro atoms. The zero-order valence-corrected chi connectivity index (χ0v) is 8.53. The molecule has 0 unspecified atom stereocenters. The van der Waals surface area contributed by atoms with Gasteiger partial charge >= 0.3 is 6.03 Å². The lowest BCUT2D eigenvalue weighted by atomic mass is 10.1. The van der Waals surface area contributed by atoms with Crippen LogP contribution >= 0.6 is 0 Å². The molecule has 15 heavy (non-hydrogen) atoms. The lowest BCUT2D eigenvalue weighted by molar-refractivity contribution is -0.229. The summed E-state index contributed by atoms with van der Waals surface area (Å²) < 4.78 is 10.5. The van der Waals surface area contributed by atoms with E-state index >= 15 is 0 Å². The van der Waals surface area contributed by atoms with E-state index in [0.29, 0.717) is 5.69 Å². The van der Waals surface area contributed by atoms with Crippen LogP contribution < -0.4 is 10.6 Å². The Morgan fingerprint density at radius 1 is 1.20 bits per heavy atom. The molecule has 0 saturated carbocycles. The van der Waals surface area contributed by atoms with E-state index in [1.807, 2.05) is 18.2 Å². The van der Waals surface area contributed by atoms with Crippen molar-refractivity contribution in [2.45, 2.75) is 5.91 Å². The first-order valence-corrected chi connectivity index (χ1v) is 4.51. The first-order valence-electron chi connectivity index (χ1n) is 4.51. The van der Waals surface area contributed by atoms with Crippen LogP contribution in [0.25, 0.3) is 0 Å². The van der Waals surface area contributed by atoms with E-state index in [1.165, 1.54) is 14.2 Å². The third-order valence-corrected chi connectivity index (χ3v) is 2.38. The number of methoxy groups -OCH3 is 2. The van der Waals surface area contributed by atoms with Crippen LogP contribution in [-0.4, -0.2) is 20.3 Å². The number of amides is 2. The highest BCUT2D eigenvalue weighted by molar-refractivity contribution is 5.93. The molecule has 1 aliphatic rings. The summed E-state index contributed by atoms with van der Waals surface area (Å²) in [7, 11) is 2.96. The number of urea groups is 1. The zero-order chi connectivity index (χ0) is 10.9. The summed E-state index contributed by atoms with van der Waals surface area (Å²) in [4.78, 5) is 11.4. The highest BCUT2D eigenvalue weighted by atomic mass is 16.7. The van der Waals surface area contributed by atoms with E-state index in [0.717, 1.165) is 5.56 Å². The molecule has 1 aromatic rings. The lowest BCUT2D eigenvalue weighted by Gasteiger charge is -2.36. The van der Waals surface area contributed by atoms with Crippen LogP contribution in [0.5, 0.6) is 0 Å². The smallest absolute Gasteiger partial charge is 0.323 e. The maximum Gasteiger partial charge on any atom is 0.323 e. The number of ether oxygens (including phenoxy) is 2. The molecule has 80 valence electrons. The van der Waals surface area contributed by atoms with E-state index in [4.69, 9.17) is 9.47 Å². The predicted octanol–water partition coefficient (Wildman–Crippen LogP) is 1.22. The number of carbonyl (C=O) groups excluding carboxylic acids is 1. The second-order valence-electron chi connectivity index (χ2n) is 3.15. The summed E-state index contributed by atoms with van der Waals surface area (Å²) >= 11 is 0. The van der Waals surface area contributed by atoms with Crippen LogP contribution in [0.3, 0.4) is 0 Å². The monoisotopic (exact) mass is 208 g/mol. The Morgan fingerprint density at radius 3 is 2.53 bits per heavy atom. The molecule has 0 atom stereocenters. The molecule has 0 fully saturated rings. The van der Waals surface area contributed by atoms with Crippen LogP contribution in [0.15, 0.2) is 24.3 Å². The molecule has 2 N–H and O–H groups in total. The Hall–Kier alpha value is -1.59. The molecular weight excluding hydrogens is 196 g/mol. The van der Waals surface area contributed by atoms with Gasteiger partial charge in [0.15, 0.2) is 0 Å². The summed E-state index contributed by atoms with van der Waals surface area (Å²) in [5.74, 6) is -1.20. The molecular formula is C10H12N2O3. The highest BCUT2D eigenvalue weighted by Gasteiger charge is 2.40. The number of hydrogen-bond donors (Lipinski definition) is 2. The van der Waals surface area contributed by atoms with Crippen molar-refractivity contribution in [2.75, 3.05) is 19.5 Å². The maximum atomic E-state index is 11.4. The number of anilines is 1. The fraction of sp³-hybridized carbons (Fsp3) is 0.300. The largest absolute Gasteiger partial charge is 0.332 e. The normalized spacial score (nSPS) is 17.6. The Labute approximate surface area is 87.4 Å². The van der Waals surface area contributed by atoms with Crippen LogP contribution in [0, 0.1) is 0 Å². The number of carbonyl (C=O) groups is 1. The minimum Gasteiger partial charge on any atom is -0.332 e. The highest BCUT2D eigenvalue weighted by Crippen LogP contribution is 2.32. The van der Waals surface area contributed by atoms with Gasteiger partial charge in [0.1, 0.15) is 0 Å². The number of rotatable bonds is 2. The van der Waals surface area contributed by atoms with E-state index in [1.54, 1.807) is 6.07 Å². The van der Waals surface area contributed by atoms with Gasteiger partial charge in [-0.15, -0.1) is 0 Å². The predicted molar refractivity (Wildman–Crippen MR) is 54.3 cm³/mol. The first-order chi connectivity index (χ1) is 7.22. The van der Waals surface area contributed by atoms with Crippen molar-refractivity contribution in [1.29, 1.82) is 0 Å². The van der Waals surface area contributed by atoms with Gasteiger partial charge < -0.3 is 14.8 Å². The topological polar surface area (TPSA) is 59.6 Å². The fourth-order valence-electron chi connectivity index (χ4n) is 1.65. The summed E-state index contributed by atoms with van der Waals surface area (Å²) in [6.07, 6.45) is 0. The minimum atomic E-state index is -1.20. The molecule has 2 amide bonds. The van der Waals surface area contributed by atoms with Gasteiger partial charge in [0.05, 0.1) is 11.3 Å². The molecule has 5 nitrogen and oxygen atoms in total. The van der Waals surface area contributed by atoms with E-state index in [2.05, 4.69) is 10.6 Å². The van der Waals surface area contributed by atoms with Gasteiger partial charge in [-0.1, -0.05) is 12.1 Å². The van der Waals surface area contributed by atoms with Crippen molar-refractivity contribution in [3.05, 3.63) is 29.8 Å². The number of benzene rings is 1. The van der Waals surface area contributed by atoms with Crippen LogP contribution in [-0.2, 0) is 15.4 Å². The van der Waals surface area contributed by atoms with Crippen LogP contribution in [0.1, 0.15) is 5.56 Å². The van der Waals surface area contributed by atoms with Gasteiger partial charge in [-0.3, -0.25) is 5.32 Å². The van der Waals surface area contributed by atoms with Gasteiger partial charge in [0.2, 0.25) is 0 Å². The quantitative estimate of drug-likeness (QED) is 0.718. The van der Waals surface area contributed by atoms with Crippen LogP contribution in [0.4, 0.5) is 10.5 Å². The minimum absolute atomic E-state index is 0.350. The summed E-state index contributed by atoms with van der Waals surface area (Å²) in [6, 6.07) is 6.96. The molecule has 0 bridgehead atoms. The Balaban J connectivity index is 2.55. The molecule has 0 aliphatic carbocycles. The summed E-state index contributed by atoms with van der Waals surface area (Å²) in [6.45, 7) is 0. The number of nitrogens with one attached hydrogen (secondary N) is 2. The molecule has 0 radical (unpaired) electrons. The molecule has 2 rings (SSSR count). The van der Waals surface area contributed by atoms with Gasteiger partial charge in [0.25, 0.3) is 5.91 Å². The van der Waals surface area contributed by atoms with Crippen molar-refractivity contribution >= 4 is 11.7 Å². The maximum absolute atomic E-state index is 11.4. The fourth-order valence-corrected chi connectivity index (χ4v) is 1.65. The van der Waals surface area contributed by atoms with Crippen molar-refractivity contribution in [3.63, 3.8) is 0 Å². The zero-order valence-electron chi connectivity index (χ0n) is 8.53. The van der Waals surface area contributed by atoms with Crippen LogP contribution in [0.2, 0.25) is 0 Å². The molecule has 0 saturated heterocycles. The van der Waals surface area contributed by atoms with Gasteiger partial charge in [-0.2, -0.15) is 0 Å². The van der Waals surface area contributed by atoms with Gasteiger partial charge in [-0.25, -0.2) is 4.79 Å². The Morgan fingerprint density at radius 2 is 1.87 bits per heavy atom. The molecule has 1 aliphatic heterocycles. The van der Waals surface area contributed by atoms with Crippen molar-refractivity contribution in [2.24, 2.45) is 0 Å². The van der Waals surface area contributed by atoms with Crippen molar-refractivity contribution in [3.8, 4) is 0 Å².